The van der Waals surface area contributed by atoms with Gasteiger partial charge in [-0.05, 0) is 32.1 Å². The Hall–Kier alpha value is -1.32. The third kappa shape index (κ3) is 3.58. The third-order valence-corrected chi connectivity index (χ3v) is 3.14. The molecule has 2 unspecified atom stereocenters. The van der Waals surface area contributed by atoms with E-state index in [9.17, 15) is 0 Å². The molecule has 1 aromatic heterocycles. The minimum Gasteiger partial charge on any atom is -0.474 e. The highest BCUT2D eigenvalue weighted by Gasteiger charge is 2.20. The molecule has 0 aromatic carbocycles. The molecule has 17 heavy (non-hydrogen) atoms. The van der Waals surface area contributed by atoms with Crippen molar-refractivity contribution in [2.75, 3.05) is 11.9 Å². The zero-order valence-corrected chi connectivity index (χ0v) is 10.6. The molecule has 0 bridgehead atoms. The Kier molecular flexibility index (Phi) is 4.18. The van der Waals surface area contributed by atoms with E-state index in [1.165, 1.54) is 12.8 Å². The van der Waals surface area contributed by atoms with Gasteiger partial charge < -0.3 is 10.1 Å². The van der Waals surface area contributed by atoms with Gasteiger partial charge in [-0.25, -0.2) is 4.98 Å². The minimum absolute atomic E-state index is 0.322. The maximum Gasteiger partial charge on any atom is 0.225 e. The predicted octanol–water partition coefficient (Wildman–Crippen LogP) is 2.87. The zero-order chi connectivity index (χ0) is 12.1. The largest absolute Gasteiger partial charge is 0.474 e. The van der Waals surface area contributed by atoms with E-state index in [2.05, 4.69) is 22.2 Å². The van der Waals surface area contributed by atoms with Crippen LogP contribution in [0.25, 0.3) is 0 Å². The number of hydrogen-bond donors (Lipinski definition) is 1. The van der Waals surface area contributed by atoms with Crippen LogP contribution in [0.15, 0.2) is 12.3 Å². The molecule has 1 saturated carbocycles. The van der Waals surface area contributed by atoms with E-state index in [1.807, 2.05) is 13.0 Å². The summed E-state index contributed by atoms with van der Waals surface area (Å²) in [5, 5.41) is 3.09. The van der Waals surface area contributed by atoms with Crippen LogP contribution >= 0.6 is 0 Å². The molecule has 1 aromatic rings. The third-order valence-electron chi connectivity index (χ3n) is 3.14. The van der Waals surface area contributed by atoms with Crippen molar-refractivity contribution in [2.24, 2.45) is 5.92 Å². The molecule has 4 heteroatoms. The van der Waals surface area contributed by atoms with Gasteiger partial charge in [-0.2, -0.15) is 4.98 Å². The van der Waals surface area contributed by atoms with Crippen molar-refractivity contribution < 1.29 is 4.74 Å². The summed E-state index contributed by atoms with van der Waals surface area (Å²) in [5.74, 6) is 2.10. The van der Waals surface area contributed by atoms with Crippen LogP contribution in [0.2, 0.25) is 0 Å². The number of aromatic nitrogens is 2. The Labute approximate surface area is 103 Å². The lowest BCUT2D eigenvalue weighted by Gasteiger charge is -2.26. The topological polar surface area (TPSA) is 47.0 Å². The molecule has 1 heterocycles. The van der Waals surface area contributed by atoms with Gasteiger partial charge in [0.15, 0.2) is 0 Å². The minimum atomic E-state index is 0.322. The summed E-state index contributed by atoms with van der Waals surface area (Å²) in [5.41, 5.74) is 0. The fourth-order valence-corrected chi connectivity index (χ4v) is 2.31. The standard InChI is InChI=1S/C13H21N3O/c1-3-14-13-15-8-7-12(16-13)17-11-6-4-5-10(2)9-11/h7-8,10-11H,3-6,9H2,1-2H3,(H,14,15,16). The molecule has 1 fully saturated rings. The zero-order valence-electron chi connectivity index (χ0n) is 10.6. The number of hydrogen-bond acceptors (Lipinski definition) is 4. The molecule has 0 radical (unpaired) electrons. The number of rotatable bonds is 4. The summed E-state index contributed by atoms with van der Waals surface area (Å²) in [7, 11) is 0. The first-order valence-corrected chi connectivity index (χ1v) is 6.51. The van der Waals surface area contributed by atoms with Gasteiger partial charge in [0.25, 0.3) is 0 Å². The normalized spacial score (nSPS) is 24.4. The molecule has 0 amide bonds. The van der Waals surface area contributed by atoms with Crippen molar-refractivity contribution in [2.45, 2.75) is 45.6 Å². The van der Waals surface area contributed by atoms with Gasteiger partial charge in [0.1, 0.15) is 6.10 Å². The summed E-state index contributed by atoms with van der Waals surface area (Å²) in [6.45, 7) is 5.14. The molecule has 2 atom stereocenters. The SMILES string of the molecule is CCNc1nccc(OC2CCCC(C)C2)n1. The second kappa shape index (κ2) is 5.84. The van der Waals surface area contributed by atoms with Crippen molar-refractivity contribution in [3.8, 4) is 5.88 Å². The molecule has 0 spiro atoms. The van der Waals surface area contributed by atoms with Gasteiger partial charge in [-0.1, -0.05) is 13.3 Å². The molecule has 4 nitrogen and oxygen atoms in total. The number of anilines is 1. The second-order valence-electron chi connectivity index (χ2n) is 4.76. The Morgan fingerprint density at radius 1 is 1.47 bits per heavy atom. The molecule has 1 aliphatic carbocycles. The van der Waals surface area contributed by atoms with Crippen LogP contribution in [-0.2, 0) is 0 Å². The van der Waals surface area contributed by atoms with Crippen molar-refractivity contribution in [1.29, 1.82) is 0 Å². The quantitative estimate of drug-likeness (QED) is 0.871. The maximum atomic E-state index is 5.92. The van der Waals surface area contributed by atoms with Crippen molar-refractivity contribution in [3.63, 3.8) is 0 Å². The van der Waals surface area contributed by atoms with Gasteiger partial charge in [0.2, 0.25) is 11.8 Å². The van der Waals surface area contributed by atoms with Crippen LogP contribution in [0.4, 0.5) is 5.95 Å². The van der Waals surface area contributed by atoms with Gasteiger partial charge in [0.05, 0.1) is 0 Å². The first kappa shape index (κ1) is 12.1. The van der Waals surface area contributed by atoms with Crippen LogP contribution in [0.1, 0.15) is 39.5 Å². The average molecular weight is 235 g/mol. The maximum absolute atomic E-state index is 5.92. The second-order valence-corrected chi connectivity index (χ2v) is 4.76. The Morgan fingerprint density at radius 3 is 3.12 bits per heavy atom. The molecule has 2 rings (SSSR count). The van der Waals surface area contributed by atoms with Crippen LogP contribution in [0, 0.1) is 5.92 Å². The first-order valence-electron chi connectivity index (χ1n) is 6.51. The summed E-state index contributed by atoms with van der Waals surface area (Å²) >= 11 is 0. The van der Waals surface area contributed by atoms with Crippen LogP contribution in [-0.4, -0.2) is 22.6 Å². The van der Waals surface area contributed by atoms with Crippen molar-refractivity contribution in [1.82, 2.24) is 9.97 Å². The van der Waals surface area contributed by atoms with Crippen molar-refractivity contribution >= 4 is 5.95 Å². The lowest BCUT2D eigenvalue weighted by Crippen LogP contribution is -2.24. The molecule has 0 aliphatic heterocycles. The molecule has 1 N–H and O–H groups in total. The fourth-order valence-electron chi connectivity index (χ4n) is 2.31. The average Bonchev–Trinajstić information content (AvgIpc) is 2.30. The lowest BCUT2D eigenvalue weighted by molar-refractivity contribution is 0.124. The highest BCUT2D eigenvalue weighted by Crippen LogP contribution is 2.26. The lowest BCUT2D eigenvalue weighted by atomic mass is 9.89. The van der Waals surface area contributed by atoms with Crippen LogP contribution < -0.4 is 10.1 Å². The fraction of sp³-hybridized carbons (Fsp3) is 0.692. The summed E-state index contributed by atoms with van der Waals surface area (Å²) in [6.07, 6.45) is 6.93. The van der Waals surface area contributed by atoms with E-state index in [4.69, 9.17) is 4.74 Å². The summed E-state index contributed by atoms with van der Waals surface area (Å²) < 4.78 is 5.92. The van der Waals surface area contributed by atoms with E-state index in [0.717, 1.165) is 25.3 Å². The number of nitrogens with zero attached hydrogens (tertiary/aromatic N) is 2. The number of nitrogens with one attached hydrogen (secondary N) is 1. The molecule has 94 valence electrons. The molecule has 0 saturated heterocycles. The predicted molar refractivity (Wildman–Crippen MR) is 68.2 cm³/mol. The highest BCUT2D eigenvalue weighted by molar-refractivity contribution is 5.27. The van der Waals surface area contributed by atoms with E-state index >= 15 is 0 Å². The summed E-state index contributed by atoms with van der Waals surface area (Å²) in [6, 6.07) is 1.83. The van der Waals surface area contributed by atoms with Crippen molar-refractivity contribution in [3.05, 3.63) is 12.3 Å². The van der Waals surface area contributed by atoms with E-state index < -0.39 is 0 Å². The first-order chi connectivity index (χ1) is 8.28. The Balaban J connectivity index is 1.95. The van der Waals surface area contributed by atoms with E-state index in [1.54, 1.807) is 6.20 Å². The smallest absolute Gasteiger partial charge is 0.225 e. The van der Waals surface area contributed by atoms with Gasteiger partial charge in [-0.15, -0.1) is 0 Å². The van der Waals surface area contributed by atoms with Gasteiger partial charge in [0, 0.05) is 18.8 Å². The Bertz CT molecular complexity index is 356. The van der Waals surface area contributed by atoms with E-state index in [0.29, 0.717) is 17.9 Å². The van der Waals surface area contributed by atoms with Crippen LogP contribution in [0.3, 0.4) is 0 Å². The van der Waals surface area contributed by atoms with Gasteiger partial charge in [-0.3, -0.25) is 0 Å². The monoisotopic (exact) mass is 235 g/mol. The highest BCUT2D eigenvalue weighted by atomic mass is 16.5. The van der Waals surface area contributed by atoms with Crippen LogP contribution in [0.5, 0.6) is 5.88 Å². The summed E-state index contributed by atoms with van der Waals surface area (Å²) in [4.78, 5) is 8.47. The molecule has 1 aliphatic rings. The Morgan fingerprint density at radius 2 is 2.35 bits per heavy atom. The van der Waals surface area contributed by atoms with E-state index in [-0.39, 0.29) is 0 Å². The molecular weight excluding hydrogens is 214 g/mol. The number of ether oxygens (including phenoxy) is 1. The van der Waals surface area contributed by atoms with Gasteiger partial charge >= 0.3 is 0 Å². The molecular formula is C13H21N3O.